The van der Waals surface area contributed by atoms with E-state index in [0.717, 1.165) is 0 Å². The number of nitrogens with one attached hydrogen (secondary N) is 2. The molecule has 0 saturated carbocycles. The Kier molecular flexibility index (Phi) is 3.48. The number of nitrogens with zero attached hydrogens (tertiary/aromatic N) is 3. The average molecular weight is 304 g/mol. The first kappa shape index (κ1) is 13.8. The maximum absolute atomic E-state index is 10.6. The highest BCUT2D eigenvalue weighted by molar-refractivity contribution is 6.31. The molecule has 0 aliphatic rings. The molecule has 21 heavy (non-hydrogen) atoms. The quantitative estimate of drug-likeness (QED) is 0.688. The zero-order chi connectivity index (χ0) is 14.9. The van der Waals surface area contributed by atoms with E-state index in [1.165, 1.54) is 6.33 Å². The van der Waals surface area contributed by atoms with Gasteiger partial charge in [-0.2, -0.15) is 0 Å². The van der Waals surface area contributed by atoms with Gasteiger partial charge in [-0.1, -0.05) is 29.8 Å². The van der Waals surface area contributed by atoms with E-state index in [4.69, 9.17) is 11.6 Å². The van der Waals surface area contributed by atoms with Crippen LogP contribution in [0.4, 0.5) is 5.82 Å². The lowest BCUT2D eigenvalue weighted by Gasteiger charge is -2.25. The minimum absolute atomic E-state index is 0.252. The number of aromatic amines is 1. The fourth-order valence-electron chi connectivity index (χ4n) is 2.15. The number of hydrogen-bond donors (Lipinski definition) is 3. The summed E-state index contributed by atoms with van der Waals surface area (Å²) in [5, 5.41) is 14.3. The van der Waals surface area contributed by atoms with E-state index in [0.29, 0.717) is 27.6 Å². The molecule has 1 atom stereocenters. The molecule has 0 saturated heterocycles. The summed E-state index contributed by atoms with van der Waals surface area (Å²) < 4.78 is 0. The average Bonchev–Trinajstić information content (AvgIpc) is 2.94. The normalized spacial score (nSPS) is 14.0. The third-order valence-electron chi connectivity index (χ3n) is 3.28. The fourth-order valence-corrected chi connectivity index (χ4v) is 2.49. The topological polar surface area (TPSA) is 86.7 Å². The van der Waals surface area contributed by atoms with Gasteiger partial charge in [-0.15, -0.1) is 0 Å². The molecule has 0 aliphatic carbocycles. The summed E-state index contributed by atoms with van der Waals surface area (Å²) in [6.45, 7) is 1.95. The van der Waals surface area contributed by atoms with Crippen molar-refractivity contribution in [1.29, 1.82) is 0 Å². The number of halogens is 1. The summed E-state index contributed by atoms with van der Waals surface area (Å²) in [6, 6.07) is 7.22. The van der Waals surface area contributed by atoms with Crippen LogP contribution in [0.15, 0.2) is 36.9 Å². The predicted octanol–water partition coefficient (Wildman–Crippen LogP) is 2.33. The molecule has 1 aromatic carbocycles. The Labute approximate surface area is 126 Å². The number of fused-ring (bicyclic) bond motifs is 1. The molecule has 6 nitrogen and oxygen atoms in total. The van der Waals surface area contributed by atoms with Crippen molar-refractivity contribution in [2.75, 3.05) is 11.9 Å². The second-order valence-corrected chi connectivity index (χ2v) is 5.34. The molecule has 1 unspecified atom stereocenters. The lowest BCUT2D eigenvalue weighted by Crippen LogP contribution is -2.31. The van der Waals surface area contributed by atoms with Gasteiger partial charge in [0.25, 0.3) is 0 Å². The summed E-state index contributed by atoms with van der Waals surface area (Å²) in [5.74, 6) is 0.588. The van der Waals surface area contributed by atoms with Crippen molar-refractivity contribution in [3.63, 3.8) is 0 Å². The van der Waals surface area contributed by atoms with Crippen molar-refractivity contribution < 1.29 is 5.11 Å². The Morgan fingerprint density at radius 1 is 1.29 bits per heavy atom. The molecular weight excluding hydrogens is 290 g/mol. The van der Waals surface area contributed by atoms with Crippen LogP contribution in [-0.4, -0.2) is 31.6 Å². The van der Waals surface area contributed by atoms with Crippen LogP contribution in [0.5, 0.6) is 0 Å². The fraction of sp³-hybridized carbons (Fsp3) is 0.214. The Morgan fingerprint density at radius 3 is 2.90 bits per heavy atom. The van der Waals surface area contributed by atoms with Crippen molar-refractivity contribution >= 4 is 28.6 Å². The van der Waals surface area contributed by atoms with Crippen molar-refractivity contribution in [1.82, 2.24) is 19.9 Å². The monoisotopic (exact) mass is 303 g/mol. The molecular formula is C14H14ClN5O. The van der Waals surface area contributed by atoms with Crippen LogP contribution in [0.3, 0.4) is 0 Å². The van der Waals surface area contributed by atoms with Gasteiger partial charge in [-0.05, 0) is 13.0 Å². The molecule has 0 spiro atoms. The van der Waals surface area contributed by atoms with Crippen molar-refractivity contribution in [3.8, 4) is 0 Å². The number of imidazole rings is 1. The highest BCUT2D eigenvalue weighted by Crippen LogP contribution is 2.28. The highest BCUT2D eigenvalue weighted by atomic mass is 35.5. The standard InChI is InChI=1S/C14H14ClN5O/c1-14(21,9-4-2-3-5-10(9)15)6-16-12-11-13(18-7-17-11)20-8-19-12/h2-5,7-8,21H,6H2,1H3,(H2,16,17,18,19,20). The summed E-state index contributed by atoms with van der Waals surface area (Å²) in [4.78, 5) is 15.2. The van der Waals surface area contributed by atoms with Gasteiger partial charge in [0.15, 0.2) is 11.5 Å². The van der Waals surface area contributed by atoms with Crippen LogP contribution in [0.25, 0.3) is 11.2 Å². The summed E-state index contributed by atoms with van der Waals surface area (Å²) in [5.41, 5.74) is 0.807. The van der Waals surface area contributed by atoms with E-state index in [2.05, 4.69) is 25.3 Å². The third kappa shape index (κ3) is 2.68. The molecule has 3 N–H and O–H groups in total. The van der Waals surface area contributed by atoms with E-state index in [-0.39, 0.29) is 6.54 Å². The van der Waals surface area contributed by atoms with Gasteiger partial charge in [0.2, 0.25) is 0 Å². The smallest absolute Gasteiger partial charge is 0.182 e. The molecule has 0 fully saturated rings. The summed E-state index contributed by atoms with van der Waals surface area (Å²) in [6.07, 6.45) is 2.98. The second kappa shape index (κ2) is 5.31. The lowest BCUT2D eigenvalue weighted by atomic mass is 9.96. The number of rotatable bonds is 4. The van der Waals surface area contributed by atoms with E-state index in [9.17, 15) is 5.11 Å². The molecule has 0 radical (unpaired) electrons. The lowest BCUT2D eigenvalue weighted by molar-refractivity contribution is 0.0716. The van der Waals surface area contributed by atoms with Gasteiger partial charge < -0.3 is 15.4 Å². The van der Waals surface area contributed by atoms with E-state index in [1.54, 1.807) is 25.4 Å². The number of benzene rings is 1. The first-order chi connectivity index (χ1) is 10.1. The van der Waals surface area contributed by atoms with Gasteiger partial charge in [0.05, 0.1) is 6.33 Å². The van der Waals surface area contributed by atoms with Crippen LogP contribution in [0.2, 0.25) is 5.02 Å². The maximum atomic E-state index is 10.6. The minimum Gasteiger partial charge on any atom is -0.384 e. The van der Waals surface area contributed by atoms with Crippen LogP contribution >= 0.6 is 11.6 Å². The first-order valence-corrected chi connectivity index (χ1v) is 6.81. The maximum Gasteiger partial charge on any atom is 0.182 e. The molecule has 0 amide bonds. The summed E-state index contributed by atoms with van der Waals surface area (Å²) in [7, 11) is 0. The number of anilines is 1. The van der Waals surface area contributed by atoms with E-state index >= 15 is 0 Å². The van der Waals surface area contributed by atoms with E-state index < -0.39 is 5.60 Å². The minimum atomic E-state index is -1.13. The first-order valence-electron chi connectivity index (χ1n) is 6.43. The molecule has 3 aromatic rings. The van der Waals surface area contributed by atoms with Crippen LogP contribution in [0.1, 0.15) is 12.5 Å². The summed E-state index contributed by atoms with van der Waals surface area (Å²) >= 11 is 6.14. The predicted molar refractivity (Wildman–Crippen MR) is 81.2 cm³/mol. The van der Waals surface area contributed by atoms with Crippen molar-refractivity contribution in [3.05, 3.63) is 47.5 Å². The zero-order valence-electron chi connectivity index (χ0n) is 11.3. The van der Waals surface area contributed by atoms with Crippen LogP contribution in [0, 0.1) is 0 Å². The number of aliphatic hydroxyl groups is 1. The second-order valence-electron chi connectivity index (χ2n) is 4.93. The van der Waals surface area contributed by atoms with Crippen LogP contribution in [-0.2, 0) is 5.60 Å². The molecule has 0 bridgehead atoms. The molecule has 7 heteroatoms. The van der Waals surface area contributed by atoms with Gasteiger partial charge in [0.1, 0.15) is 17.4 Å². The number of aromatic nitrogens is 4. The molecule has 108 valence electrons. The Bertz CT molecular complexity index is 771. The van der Waals surface area contributed by atoms with E-state index in [1.807, 2.05) is 12.1 Å². The Morgan fingerprint density at radius 2 is 2.10 bits per heavy atom. The molecule has 2 heterocycles. The Hall–Kier alpha value is -2.18. The molecule has 3 rings (SSSR count). The SMILES string of the molecule is CC(O)(CNc1ncnc2nc[nH]c12)c1ccccc1Cl. The third-order valence-corrected chi connectivity index (χ3v) is 3.61. The largest absolute Gasteiger partial charge is 0.384 e. The zero-order valence-corrected chi connectivity index (χ0v) is 12.1. The van der Waals surface area contributed by atoms with Crippen molar-refractivity contribution in [2.24, 2.45) is 0 Å². The molecule has 0 aliphatic heterocycles. The van der Waals surface area contributed by atoms with Gasteiger partial charge in [-0.25, -0.2) is 15.0 Å². The Balaban J connectivity index is 1.84. The van der Waals surface area contributed by atoms with Crippen molar-refractivity contribution in [2.45, 2.75) is 12.5 Å². The van der Waals surface area contributed by atoms with Gasteiger partial charge in [-0.3, -0.25) is 0 Å². The van der Waals surface area contributed by atoms with Gasteiger partial charge >= 0.3 is 0 Å². The number of H-pyrrole nitrogens is 1. The molecule has 2 aromatic heterocycles. The van der Waals surface area contributed by atoms with Gasteiger partial charge in [0, 0.05) is 17.1 Å². The van der Waals surface area contributed by atoms with Crippen LogP contribution < -0.4 is 5.32 Å². The highest BCUT2D eigenvalue weighted by Gasteiger charge is 2.25. The number of hydrogen-bond acceptors (Lipinski definition) is 5.